The quantitative estimate of drug-likeness (QED) is 0.211. The number of carbonyl (C=O) groups is 1. The van der Waals surface area contributed by atoms with Gasteiger partial charge in [0.05, 0.1) is 5.56 Å². The fourth-order valence-electron chi connectivity index (χ4n) is 2.63. The van der Waals surface area contributed by atoms with E-state index in [4.69, 9.17) is 14.7 Å². The fraction of sp³-hybridized carbons (Fsp3) is 0.0400. The zero-order valence-corrected chi connectivity index (χ0v) is 16.3. The summed E-state index contributed by atoms with van der Waals surface area (Å²) in [5, 5.41) is 8.68. The fourth-order valence-corrected chi connectivity index (χ4v) is 2.63. The molecular formula is C25H17F2NO3. The van der Waals surface area contributed by atoms with E-state index in [9.17, 15) is 13.6 Å². The van der Waals surface area contributed by atoms with Crippen LogP contribution in [0.2, 0.25) is 0 Å². The van der Waals surface area contributed by atoms with E-state index in [1.165, 1.54) is 6.07 Å². The van der Waals surface area contributed by atoms with Gasteiger partial charge in [0.1, 0.15) is 41.4 Å². The lowest BCUT2D eigenvalue weighted by Gasteiger charge is -2.06. The number of carbonyl (C=O) groups excluding carboxylic acids is 1. The molecular weight excluding hydrogens is 400 g/mol. The van der Waals surface area contributed by atoms with Crippen molar-refractivity contribution in [3.05, 3.63) is 107 Å². The van der Waals surface area contributed by atoms with Crippen molar-refractivity contribution in [2.45, 2.75) is 0 Å². The van der Waals surface area contributed by atoms with Crippen molar-refractivity contribution >= 4 is 18.1 Å². The molecule has 0 spiro atoms. The molecule has 0 saturated heterocycles. The Labute approximate surface area is 178 Å². The summed E-state index contributed by atoms with van der Waals surface area (Å²) in [6.45, 7) is 4.05. The van der Waals surface area contributed by atoms with Crippen LogP contribution in [0.5, 0.6) is 11.5 Å². The minimum Gasteiger partial charge on any atom is -0.490 e. The Bertz CT molecular complexity index is 1140. The molecule has 0 aliphatic rings. The zero-order valence-electron chi connectivity index (χ0n) is 16.3. The lowest BCUT2D eigenvalue weighted by Crippen LogP contribution is -2.09. The molecule has 0 saturated carbocycles. The average molecular weight is 417 g/mol. The van der Waals surface area contributed by atoms with Crippen LogP contribution in [0.3, 0.4) is 0 Å². The molecule has 154 valence electrons. The molecule has 3 aromatic rings. The van der Waals surface area contributed by atoms with Gasteiger partial charge in [-0.15, -0.1) is 0 Å². The van der Waals surface area contributed by atoms with Gasteiger partial charge in [0, 0.05) is 12.1 Å². The van der Waals surface area contributed by atoms with Gasteiger partial charge in [-0.1, -0.05) is 49.1 Å². The van der Waals surface area contributed by atoms with Gasteiger partial charge in [0.15, 0.2) is 0 Å². The van der Waals surface area contributed by atoms with Crippen molar-refractivity contribution in [2.24, 2.45) is 0 Å². The molecule has 0 atom stereocenters. The van der Waals surface area contributed by atoms with Gasteiger partial charge in [-0.3, -0.25) is 0 Å². The molecule has 3 aromatic carbocycles. The van der Waals surface area contributed by atoms with Crippen molar-refractivity contribution in [3.63, 3.8) is 0 Å². The molecule has 0 unspecified atom stereocenters. The third-order valence-electron chi connectivity index (χ3n) is 4.20. The average Bonchev–Trinajstić information content (AvgIpc) is 2.77. The summed E-state index contributed by atoms with van der Waals surface area (Å²) in [5.74, 6) is -2.52. The Morgan fingerprint density at radius 2 is 1.48 bits per heavy atom. The number of rotatable bonds is 7. The van der Waals surface area contributed by atoms with Gasteiger partial charge in [-0.2, -0.15) is 5.26 Å². The predicted molar refractivity (Wildman–Crippen MR) is 114 cm³/mol. The maximum Gasteiger partial charge on any atom is 0.343 e. The standard InChI is InChI=1S/C25H17F2NO3/c1-2-13-30-20-11-7-18(8-12-20)4-3-17-5-9-19(10-6-17)25(29)31-21-14-23(26)22(16-28)24(27)15-21/h2-12,14-15H,1,13H2/b4-3+. The van der Waals surface area contributed by atoms with E-state index in [-0.39, 0.29) is 11.3 Å². The van der Waals surface area contributed by atoms with Crippen LogP contribution in [0.15, 0.2) is 73.3 Å². The summed E-state index contributed by atoms with van der Waals surface area (Å²) in [6.07, 6.45) is 5.46. The van der Waals surface area contributed by atoms with E-state index in [2.05, 4.69) is 6.58 Å². The van der Waals surface area contributed by atoms with Crippen LogP contribution < -0.4 is 9.47 Å². The van der Waals surface area contributed by atoms with Crippen molar-refractivity contribution < 1.29 is 23.0 Å². The van der Waals surface area contributed by atoms with E-state index >= 15 is 0 Å². The minimum absolute atomic E-state index is 0.214. The molecule has 3 rings (SSSR count). The highest BCUT2D eigenvalue weighted by Crippen LogP contribution is 2.21. The number of esters is 1. The Morgan fingerprint density at radius 1 is 0.935 bits per heavy atom. The summed E-state index contributed by atoms with van der Waals surface area (Å²) < 4.78 is 37.7. The molecule has 0 aromatic heterocycles. The number of ether oxygens (including phenoxy) is 2. The second-order valence-electron chi connectivity index (χ2n) is 6.39. The van der Waals surface area contributed by atoms with Crippen LogP contribution in [0.4, 0.5) is 8.78 Å². The van der Waals surface area contributed by atoms with E-state index in [1.54, 1.807) is 30.3 Å². The first-order chi connectivity index (χ1) is 15.0. The highest BCUT2D eigenvalue weighted by molar-refractivity contribution is 5.91. The van der Waals surface area contributed by atoms with Crippen molar-refractivity contribution in [3.8, 4) is 17.6 Å². The van der Waals surface area contributed by atoms with E-state index in [1.807, 2.05) is 36.4 Å². The summed E-state index contributed by atoms with van der Waals surface area (Å²) >= 11 is 0. The lowest BCUT2D eigenvalue weighted by atomic mass is 10.1. The molecule has 0 radical (unpaired) electrons. The Balaban J connectivity index is 1.64. The van der Waals surface area contributed by atoms with E-state index < -0.39 is 23.2 Å². The highest BCUT2D eigenvalue weighted by Gasteiger charge is 2.14. The normalized spacial score (nSPS) is 10.5. The molecule has 31 heavy (non-hydrogen) atoms. The van der Waals surface area contributed by atoms with E-state index in [0.29, 0.717) is 6.61 Å². The smallest absolute Gasteiger partial charge is 0.343 e. The lowest BCUT2D eigenvalue weighted by molar-refractivity contribution is 0.0734. The van der Waals surface area contributed by atoms with E-state index in [0.717, 1.165) is 29.0 Å². The minimum atomic E-state index is -1.09. The predicted octanol–water partition coefficient (Wildman–Crippen LogP) is 5.79. The Kier molecular flexibility index (Phi) is 6.92. The monoisotopic (exact) mass is 417 g/mol. The molecule has 0 fully saturated rings. The summed E-state index contributed by atoms with van der Waals surface area (Å²) in [7, 11) is 0. The summed E-state index contributed by atoms with van der Waals surface area (Å²) in [5.41, 5.74) is 1.30. The van der Waals surface area contributed by atoms with Crippen LogP contribution in [0, 0.1) is 23.0 Å². The summed E-state index contributed by atoms with van der Waals surface area (Å²) in [4.78, 5) is 12.2. The van der Waals surface area contributed by atoms with Gasteiger partial charge in [-0.25, -0.2) is 13.6 Å². The largest absolute Gasteiger partial charge is 0.490 e. The molecule has 0 heterocycles. The molecule has 0 bridgehead atoms. The zero-order chi connectivity index (χ0) is 22.2. The second-order valence-corrected chi connectivity index (χ2v) is 6.39. The van der Waals surface area contributed by atoms with Crippen molar-refractivity contribution in [1.29, 1.82) is 5.26 Å². The third-order valence-corrected chi connectivity index (χ3v) is 4.20. The number of hydrogen-bond acceptors (Lipinski definition) is 4. The van der Waals surface area contributed by atoms with Gasteiger partial charge >= 0.3 is 5.97 Å². The number of nitriles is 1. The first kappa shape index (κ1) is 21.5. The van der Waals surface area contributed by atoms with Gasteiger partial charge in [0.25, 0.3) is 0 Å². The van der Waals surface area contributed by atoms with Crippen molar-refractivity contribution in [2.75, 3.05) is 6.61 Å². The maximum absolute atomic E-state index is 13.6. The van der Waals surface area contributed by atoms with Crippen LogP contribution in [0.1, 0.15) is 27.0 Å². The first-order valence-corrected chi connectivity index (χ1v) is 9.23. The second kappa shape index (κ2) is 9.99. The summed E-state index contributed by atoms with van der Waals surface area (Å²) in [6, 6.07) is 17.1. The molecule has 0 N–H and O–H groups in total. The molecule has 0 aliphatic heterocycles. The van der Waals surface area contributed by atoms with Gasteiger partial charge in [0.2, 0.25) is 0 Å². The van der Waals surface area contributed by atoms with Crippen LogP contribution in [-0.2, 0) is 0 Å². The number of hydrogen-bond donors (Lipinski definition) is 0. The SMILES string of the molecule is C=CCOc1ccc(/C=C/c2ccc(C(=O)Oc3cc(F)c(C#N)c(F)c3)cc2)cc1. The first-order valence-electron chi connectivity index (χ1n) is 9.23. The highest BCUT2D eigenvalue weighted by atomic mass is 19.1. The number of halogens is 2. The van der Waals surface area contributed by atoms with Crippen molar-refractivity contribution in [1.82, 2.24) is 0 Å². The van der Waals surface area contributed by atoms with Gasteiger partial charge < -0.3 is 9.47 Å². The molecule has 6 heteroatoms. The molecule has 4 nitrogen and oxygen atoms in total. The van der Waals surface area contributed by atoms with Gasteiger partial charge in [-0.05, 0) is 35.4 Å². The number of benzene rings is 3. The molecule has 0 aliphatic carbocycles. The van der Waals surface area contributed by atoms with Crippen LogP contribution in [0.25, 0.3) is 12.2 Å². The van der Waals surface area contributed by atoms with Crippen LogP contribution in [-0.4, -0.2) is 12.6 Å². The topological polar surface area (TPSA) is 59.3 Å². The van der Waals surface area contributed by atoms with Crippen LogP contribution >= 0.6 is 0 Å². The molecule has 0 amide bonds. The maximum atomic E-state index is 13.6. The Hall–Kier alpha value is -4.24. The third kappa shape index (κ3) is 5.64. The number of nitrogens with zero attached hydrogens (tertiary/aromatic N) is 1. The Morgan fingerprint density at radius 3 is 2.00 bits per heavy atom.